The third-order valence-electron chi connectivity index (χ3n) is 6.32. The Kier molecular flexibility index (Phi) is 8.02. The number of carboxylic acid groups (broad SMARTS) is 1. The van der Waals surface area contributed by atoms with Crippen LogP contribution in [0.1, 0.15) is 24.0 Å². The molecule has 1 aliphatic heterocycles. The molecule has 0 bridgehead atoms. The summed E-state index contributed by atoms with van der Waals surface area (Å²) in [6, 6.07) is 13.2. The Labute approximate surface area is 213 Å². The summed E-state index contributed by atoms with van der Waals surface area (Å²) >= 11 is 5.96. The fraction of sp³-hybridized carbons (Fsp3) is 0.308. The zero-order chi connectivity index (χ0) is 25.7. The maximum Gasteiger partial charge on any atom is 0.317 e. The van der Waals surface area contributed by atoms with Crippen molar-refractivity contribution in [3.63, 3.8) is 0 Å². The van der Waals surface area contributed by atoms with Crippen molar-refractivity contribution in [2.24, 2.45) is 0 Å². The molecule has 36 heavy (non-hydrogen) atoms. The largest absolute Gasteiger partial charge is 0.480 e. The number of nitrogen functional groups attached to an aromatic ring is 1. The smallest absolute Gasteiger partial charge is 0.317 e. The number of rotatable bonds is 9. The highest BCUT2D eigenvalue weighted by Gasteiger charge is 2.37. The highest BCUT2D eigenvalue weighted by Crippen LogP contribution is 2.22. The molecule has 0 unspecified atom stereocenters. The topological polar surface area (TPSA) is 138 Å². The Balaban J connectivity index is 1.43. The van der Waals surface area contributed by atoms with Crippen molar-refractivity contribution in [3.8, 4) is 0 Å². The molecule has 1 saturated heterocycles. The molecule has 9 nitrogen and oxygen atoms in total. The Morgan fingerprint density at radius 2 is 1.89 bits per heavy atom. The first-order chi connectivity index (χ1) is 17.3. The van der Waals surface area contributed by atoms with Crippen LogP contribution in [0.5, 0.6) is 0 Å². The second-order valence-electron chi connectivity index (χ2n) is 8.82. The lowest BCUT2D eigenvalue weighted by molar-refractivity contribution is -0.141. The lowest BCUT2D eigenvalue weighted by Crippen LogP contribution is -2.53. The van der Waals surface area contributed by atoms with Crippen molar-refractivity contribution in [2.45, 2.75) is 37.9 Å². The van der Waals surface area contributed by atoms with Crippen molar-refractivity contribution in [1.82, 2.24) is 20.5 Å². The average molecular weight is 510 g/mol. The Bertz CT molecular complexity index is 1270. The number of pyridine rings is 1. The minimum atomic E-state index is -1.06. The first-order valence-corrected chi connectivity index (χ1v) is 12.1. The summed E-state index contributed by atoms with van der Waals surface area (Å²) in [4.78, 5) is 43.3. The number of hydrogen-bond donors (Lipinski definition) is 4. The van der Waals surface area contributed by atoms with Gasteiger partial charge in [0.2, 0.25) is 11.8 Å². The van der Waals surface area contributed by atoms with Crippen LogP contribution in [-0.4, -0.2) is 57.9 Å². The standard InChI is InChI=1S/C26H28ClN5O4/c27-19-7-4-16(5-8-19)13-21(30-15-23(33)34)26(36)32-11-1-2-22(32)25(35)31-14-17-3-6-18-9-10-29-24(28)20(18)12-17/h3-10,12,21-22,30H,1-2,11,13-15H2,(H2,28,29)(H,31,35)(H,33,34)/t21-,22+/m1/s1. The summed E-state index contributed by atoms with van der Waals surface area (Å²) in [7, 11) is 0. The van der Waals surface area contributed by atoms with E-state index in [2.05, 4.69) is 15.6 Å². The van der Waals surface area contributed by atoms with Gasteiger partial charge in [0, 0.05) is 29.7 Å². The molecule has 3 aromatic rings. The molecule has 0 aliphatic carbocycles. The molecule has 1 fully saturated rings. The van der Waals surface area contributed by atoms with Crippen molar-refractivity contribution < 1.29 is 19.5 Å². The molecule has 2 heterocycles. The number of carbonyl (C=O) groups excluding carboxylic acids is 2. The van der Waals surface area contributed by atoms with Gasteiger partial charge in [0.05, 0.1) is 12.6 Å². The number of fused-ring (bicyclic) bond motifs is 1. The van der Waals surface area contributed by atoms with E-state index in [1.54, 1.807) is 35.4 Å². The first kappa shape index (κ1) is 25.4. The number of halogens is 1. The molecule has 2 amide bonds. The number of carbonyl (C=O) groups is 3. The van der Waals surface area contributed by atoms with Gasteiger partial charge >= 0.3 is 5.97 Å². The maximum absolute atomic E-state index is 13.4. The van der Waals surface area contributed by atoms with E-state index in [0.29, 0.717) is 30.2 Å². The third kappa shape index (κ3) is 6.10. The summed E-state index contributed by atoms with van der Waals surface area (Å²) in [6.45, 7) is 0.350. The van der Waals surface area contributed by atoms with Gasteiger partial charge in [-0.3, -0.25) is 19.7 Å². The van der Waals surface area contributed by atoms with Gasteiger partial charge in [-0.15, -0.1) is 0 Å². The first-order valence-electron chi connectivity index (χ1n) is 11.7. The molecule has 1 aromatic heterocycles. The number of anilines is 1. The van der Waals surface area contributed by atoms with E-state index in [0.717, 1.165) is 21.9 Å². The third-order valence-corrected chi connectivity index (χ3v) is 6.57. The number of amides is 2. The lowest BCUT2D eigenvalue weighted by Gasteiger charge is -2.28. The van der Waals surface area contributed by atoms with Gasteiger partial charge in [0.1, 0.15) is 11.9 Å². The number of aromatic nitrogens is 1. The molecule has 2 aromatic carbocycles. The number of nitrogens with one attached hydrogen (secondary N) is 2. The van der Waals surface area contributed by atoms with Crippen molar-refractivity contribution in [2.75, 3.05) is 18.8 Å². The predicted octanol–water partition coefficient (Wildman–Crippen LogP) is 2.36. The van der Waals surface area contributed by atoms with Crippen LogP contribution in [0, 0.1) is 0 Å². The van der Waals surface area contributed by atoms with Crippen molar-refractivity contribution >= 4 is 46.0 Å². The maximum atomic E-state index is 13.4. The molecule has 0 radical (unpaired) electrons. The van der Waals surface area contributed by atoms with E-state index in [1.165, 1.54) is 0 Å². The second kappa shape index (κ2) is 11.4. The number of carboxylic acids is 1. The minimum absolute atomic E-state index is 0.247. The number of benzene rings is 2. The lowest BCUT2D eigenvalue weighted by atomic mass is 10.0. The molecule has 0 saturated carbocycles. The van der Waals surface area contributed by atoms with E-state index in [9.17, 15) is 14.4 Å². The number of nitrogens with two attached hydrogens (primary N) is 1. The van der Waals surface area contributed by atoms with E-state index in [1.807, 2.05) is 24.3 Å². The fourth-order valence-electron chi connectivity index (χ4n) is 4.47. The van der Waals surface area contributed by atoms with Crippen LogP contribution in [-0.2, 0) is 27.3 Å². The van der Waals surface area contributed by atoms with Crippen LogP contribution in [0.25, 0.3) is 10.8 Å². The van der Waals surface area contributed by atoms with Gasteiger partial charge in [-0.2, -0.15) is 0 Å². The van der Waals surface area contributed by atoms with Crippen LogP contribution in [0.2, 0.25) is 5.02 Å². The van der Waals surface area contributed by atoms with Gasteiger partial charge in [0.25, 0.3) is 0 Å². The van der Waals surface area contributed by atoms with E-state index < -0.39 is 18.1 Å². The Hall–Kier alpha value is -3.69. The minimum Gasteiger partial charge on any atom is -0.480 e. The fourth-order valence-corrected chi connectivity index (χ4v) is 4.60. The predicted molar refractivity (Wildman–Crippen MR) is 137 cm³/mol. The van der Waals surface area contributed by atoms with Crippen LogP contribution >= 0.6 is 11.6 Å². The van der Waals surface area contributed by atoms with E-state index in [-0.39, 0.29) is 31.3 Å². The normalized spacial score (nSPS) is 16.1. The Morgan fingerprint density at radius 1 is 1.14 bits per heavy atom. The summed E-state index contributed by atoms with van der Waals surface area (Å²) in [5, 5.41) is 17.2. The molecule has 4 rings (SSSR count). The average Bonchev–Trinajstić information content (AvgIpc) is 3.36. The molecule has 0 spiro atoms. The Morgan fingerprint density at radius 3 is 2.64 bits per heavy atom. The van der Waals surface area contributed by atoms with Gasteiger partial charge in [0.15, 0.2) is 0 Å². The number of aliphatic carboxylic acids is 1. The zero-order valence-corrected chi connectivity index (χ0v) is 20.4. The zero-order valence-electron chi connectivity index (χ0n) is 19.6. The highest BCUT2D eigenvalue weighted by atomic mass is 35.5. The number of likely N-dealkylation sites (tertiary alicyclic amines) is 1. The van der Waals surface area contributed by atoms with E-state index >= 15 is 0 Å². The van der Waals surface area contributed by atoms with Gasteiger partial charge in [-0.05, 0) is 60.0 Å². The van der Waals surface area contributed by atoms with Crippen molar-refractivity contribution in [1.29, 1.82) is 0 Å². The number of hydrogen-bond acceptors (Lipinski definition) is 6. The summed E-state index contributed by atoms with van der Waals surface area (Å²) in [6.07, 6.45) is 3.16. The quantitative estimate of drug-likeness (QED) is 0.347. The number of nitrogens with zero attached hydrogens (tertiary/aromatic N) is 2. The SMILES string of the molecule is Nc1nccc2ccc(CNC(=O)[C@@H]3CCCN3C(=O)[C@@H](Cc3ccc(Cl)cc3)NCC(=O)O)cc12. The van der Waals surface area contributed by atoms with Crippen LogP contribution in [0.15, 0.2) is 54.7 Å². The van der Waals surface area contributed by atoms with Crippen LogP contribution in [0.4, 0.5) is 5.82 Å². The van der Waals surface area contributed by atoms with Crippen LogP contribution in [0.3, 0.4) is 0 Å². The molecule has 188 valence electrons. The molecular formula is C26H28ClN5O4. The van der Waals surface area contributed by atoms with Crippen molar-refractivity contribution in [3.05, 3.63) is 70.9 Å². The highest BCUT2D eigenvalue weighted by molar-refractivity contribution is 6.30. The summed E-state index contributed by atoms with van der Waals surface area (Å²) < 4.78 is 0. The molecule has 2 atom stereocenters. The summed E-state index contributed by atoms with van der Waals surface area (Å²) in [5.74, 6) is -1.18. The van der Waals surface area contributed by atoms with Gasteiger partial charge < -0.3 is 21.1 Å². The summed E-state index contributed by atoms with van der Waals surface area (Å²) in [5.41, 5.74) is 7.68. The van der Waals surface area contributed by atoms with Gasteiger partial charge in [-0.25, -0.2) is 4.98 Å². The van der Waals surface area contributed by atoms with Gasteiger partial charge in [-0.1, -0.05) is 35.9 Å². The second-order valence-corrected chi connectivity index (χ2v) is 9.25. The molecule has 5 N–H and O–H groups in total. The monoisotopic (exact) mass is 509 g/mol. The molecular weight excluding hydrogens is 482 g/mol. The molecule has 1 aliphatic rings. The molecule has 10 heteroatoms. The van der Waals surface area contributed by atoms with E-state index in [4.69, 9.17) is 22.4 Å². The van der Waals surface area contributed by atoms with Crippen LogP contribution < -0.4 is 16.4 Å².